The van der Waals surface area contributed by atoms with Crippen molar-refractivity contribution >= 4 is 15.9 Å². The summed E-state index contributed by atoms with van der Waals surface area (Å²) in [5.74, 6) is 0.982. The van der Waals surface area contributed by atoms with Crippen molar-refractivity contribution in [1.29, 1.82) is 0 Å². The summed E-state index contributed by atoms with van der Waals surface area (Å²) in [6.07, 6.45) is 6.43. The van der Waals surface area contributed by atoms with Gasteiger partial charge >= 0.3 is 0 Å². The van der Waals surface area contributed by atoms with Crippen molar-refractivity contribution < 1.29 is 9.47 Å². The van der Waals surface area contributed by atoms with E-state index in [1.54, 1.807) is 0 Å². The van der Waals surface area contributed by atoms with E-state index in [9.17, 15) is 0 Å². The smallest absolute Gasteiger partial charge is 0.124 e. The Kier molecular flexibility index (Phi) is 4.97. The maximum absolute atomic E-state index is 6.00. The quantitative estimate of drug-likeness (QED) is 0.858. The second kappa shape index (κ2) is 6.92. The Hall–Kier alpha value is -0.580. The summed E-state index contributed by atoms with van der Waals surface area (Å²) < 4.78 is 12.8. The number of rotatable bonds is 6. The van der Waals surface area contributed by atoms with Gasteiger partial charge in [0.05, 0.1) is 6.10 Å². The molecule has 1 heterocycles. The monoisotopic (exact) mass is 339 g/mol. The van der Waals surface area contributed by atoms with E-state index in [0.717, 1.165) is 29.8 Å². The highest BCUT2D eigenvalue weighted by molar-refractivity contribution is 9.10. The molecule has 1 atom stereocenters. The number of nitrogens with one attached hydrogen (secondary N) is 1. The molecule has 0 radical (unpaired) electrons. The van der Waals surface area contributed by atoms with Gasteiger partial charge in [0, 0.05) is 29.2 Å². The Balaban J connectivity index is 1.58. The van der Waals surface area contributed by atoms with Gasteiger partial charge in [0.1, 0.15) is 12.4 Å². The van der Waals surface area contributed by atoms with Gasteiger partial charge in [-0.2, -0.15) is 0 Å². The third kappa shape index (κ3) is 4.21. The molecule has 4 heteroatoms. The van der Waals surface area contributed by atoms with Gasteiger partial charge in [-0.05, 0) is 50.3 Å². The highest BCUT2D eigenvalue weighted by Gasteiger charge is 2.21. The van der Waals surface area contributed by atoms with Gasteiger partial charge in [0.15, 0.2) is 0 Å². The summed E-state index contributed by atoms with van der Waals surface area (Å²) in [7, 11) is 0. The van der Waals surface area contributed by atoms with Crippen LogP contribution in [0.2, 0.25) is 0 Å². The molecule has 0 spiro atoms. The van der Waals surface area contributed by atoms with Crippen LogP contribution >= 0.6 is 15.9 Å². The largest absolute Gasteiger partial charge is 0.491 e. The van der Waals surface area contributed by atoms with Gasteiger partial charge in [-0.1, -0.05) is 15.9 Å². The van der Waals surface area contributed by atoms with Crippen LogP contribution in [0.15, 0.2) is 22.7 Å². The molecule has 1 aromatic rings. The molecule has 1 aliphatic heterocycles. The van der Waals surface area contributed by atoms with Crippen molar-refractivity contribution in [2.45, 2.75) is 50.8 Å². The van der Waals surface area contributed by atoms with Crippen LogP contribution in [0.5, 0.6) is 5.75 Å². The molecule has 1 aliphatic carbocycles. The van der Waals surface area contributed by atoms with Crippen molar-refractivity contribution in [2.24, 2.45) is 0 Å². The van der Waals surface area contributed by atoms with Gasteiger partial charge in [-0.15, -0.1) is 0 Å². The summed E-state index contributed by atoms with van der Waals surface area (Å²) in [5, 5.41) is 3.55. The molecule has 1 saturated heterocycles. The standard InChI is InChI=1S/C16H22BrNO2/c17-13-4-7-16(12(9-13)10-18-14-5-6-14)20-11-15-3-1-2-8-19-15/h4,7,9,14-15,18H,1-3,5-6,8,10-11H2. The lowest BCUT2D eigenvalue weighted by Gasteiger charge is -2.23. The molecule has 2 fully saturated rings. The number of hydrogen-bond acceptors (Lipinski definition) is 3. The summed E-state index contributed by atoms with van der Waals surface area (Å²) in [6, 6.07) is 6.95. The van der Waals surface area contributed by atoms with E-state index in [1.165, 1.54) is 31.2 Å². The van der Waals surface area contributed by atoms with Crippen molar-refractivity contribution in [3.8, 4) is 5.75 Å². The molecule has 1 saturated carbocycles. The Morgan fingerprint density at radius 3 is 2.90 bits per heavy atom. The van der Waals surface area contributed by atoms with E-state index in [4.69, 9.17) is 9.47 Å². The first-order valence-electron chi connectivity index (χ1n) is 7.57. The second-order valence-electron chi connectivity index (χ2n) is 5.71. The Morgan fingerprint density at radius 2 is 2.15 bits per heavy atom. The van der Waals surface area contributed by atoms with E-state index >= 15 is 0 Å². The van der Waals surface area contributed by atoms with E-state index in [2.05, 4.69) is 33.4 Å². The summed E-state index contributed by atoms with van der Waals surface area (Å²) in [6.45, 7) is 2.42. The topological polar surface area (TPSA) is 30.5 Å². The van der Waals surface area contributed by atoms with Gasteiger partial charge in [0.2, 0.25) is 0 Å². The molecule has 0 bridgehead atoms. The lowest BCUT2D eigenvalue weighted by Crippen LogP contribution is -2.26. The first-order chi connectivity index (χ1) is 9.81. The highest BCUT2D eigenvalue weighted by Crippen LogP contribution is 2.26. The number of halogens is 1. The molecule has 3 nitrogen and oxygen atoms in total. The average molecular weight is 340 g/mol. The fourth-order valence-electron chi connectivity index (χ4n) is 2.49. The van der Waals surface area contributed by atoms with Crippen LogP contribution in [0.1, 0.15) is 37.7 Å². The Morgan fingerprint density at radius 1 is 1.25 bits per heavy atom. The fraction of sp³-hybridized carbons (Fsp3) is 0.625. The molecular formula is C16H22BrNO2. The third-order valence-corrected chi connectivity index (χ3v) is 4.37. The molecule has 0 aromatic heterocycles. The van der Waals surface area contributed by atoms with Crippen LogP contribution < -0.4 is 10.1 Å². The van der Waals surface area contributed by atoms with Crippen LogP contribution in [-0.2, 0) is 11.3 Å². The zero-order valence-corrected chi connectivity index (χ0v) is 13.3. The summed E-state index contributed by atoms with van der Waals surface area (Å²) >= 11 is 3.54. The molecule has 2 aliphatic rings. The number of benzene rings is 1. The predicted molar refractivity (Wildman–Crippen MR) is 83.1 cm³/mol. The van der Waals surface area contributed by atoms with Crippen LogP contribution in [0.4, 0.5) is 0 Å². The second-order valence-corrected chi connectivity index (χ2v) is 6.62. The molecular weight excluding hydrogens is 318 g/mol. The SMILES string of the molecule is Brc1ccc(OCC2CCCCO2)c(CNC2CC2)c1. The van der Waals surface area contributed by atoms with Crippen molar-refractivity contribution in [3.63, 3.8) is 0 Å². The predicted octanol–water partition coefficient (Wildman–Crippen LogP) is 3.65. The third-order valence-electron chi connectivity index (χ3n) is 3.88. The lowest BCUT2D eigenvalue weighted by atomic mass is 10.1. The molecule has 1 unspecified atom stereocenters. The van der Waals surface area contributed by atoms with Gasteiger partial charge in [-0.3, -0.25) is 0 Å². The maximum atomic E-state index is 6.00. The Labute approximate surface area is 129 Å². The normalized spacial score (nSPS) is 22.8. The van der Waals surface area contributed by atoms with E-state index in [1.807, 2.05) is 6.07 Å². The molecule has 20 heavy (non-hydrogen) atoms. The molecule has 1 N–H and O–H groups in total. The lowest BCUT2D eigenvalue weighted by molar-refractivity contribution is -0.0112. The first kappa shape index (κ1) is 14.4. The number of ether oxygens (including phenoxy) is 2. The first-order valence-corrected chi connectivity index (χ1v) is 8.37. The summed E-state index contributed by atoms with van der Waals surface area (Å²) in [5.41, 5.74) is 1.22. The zero-order valence-electron chi connectivity index (χ0n) is 11.7. The maximum Gasteiger partial charge on any atom is 0.124 e. The zero-order chi connectivity index (χ0) is 13.8. The van der Waals surface area contributed by atoms with Crippen molar-refractivity contribution in [3.05, 3.63) is 28.2 Å². The van der Waals surface area contributed by atoms with Gasteiger partial charge < -0.3 is 14.8 Å². The minimum atomic E-state index is 0.261. The van der Waals surface area contributed by atoms with E-state index in [0.29, 0.717) is 12.6 Å². The molecule has 0 amide bonds. The highest BCUT2D eigenvalue weighted by atomic mass is 79.9. The van der Waals surface area contributed by atoms with Crippen LogP contribution in [0.3, 0.4) is 0 Å². The average Bonchev–Trinajstić information content (AvgIpc) is 3.29. The molecule has 1 aromatic carbocycles. The molecule has 110 valence electrons. The van der Waals surface area contributed by atoms with Gasteiger partial charge in [0.25, 0.3) is 0 Å². The van der Waals surface area contributed by atoms with Crippen LogP contribution in [0, 0.1) is 0 Å². The number of hydrogen-bond donors (Lipinski definition) is 1. The van der Waals surface area contributed by atoms with Crippen molar-refractivity contribution in [1.82, 2.24) is 5.32 Å². The van der Waals surface area contributed by atoms with E-state index < -0.39 is 0 Å². The van der Waals surface area contributed by atoms with E-state index in [-0.39, 0.29) is 6.10 Å². The van der Waals surface area contributed by atoms with Crippen LogP contribution in [0.25, 0.3) is 0 Å². The fourth-order valence-corrected chi connectivity index (χ4v) is 2.90. The Bertz CT molecular complexity index is 442. The van der Waals surface area contributed by atoms with Gasteiger partial charge in [-0.25, -0.2) is 0 Å². The van der Waals surface area contributed by atoms with Crippen molar-refractivity contribution in [2.75, 3.05) is 13.2 Å². The minimum absolute atomic E-state index is 0.261. The summed E-state index contributed by atoms with van der Waals surface area (Å²) in [4.78, 5) is 0. The minimum Gasteiger partial charge on any atom is -0.491 e. The van der Waals surface area contributed by atoms with Crippen LogP contribution in [-0.4, -0.2) is 25.4 Å². The molecule has 3 rings (SSSR count).